The Bertz CT molecular complexity index is 799. The Hall–Kier alpha value is -1.73. The summed E-state index contributed by atoms with van der Waals surface area (Å²) in [6.07, 6.45) is 11.5. The van der Waals surface area contributed by atoms with E-state index in [9.17, 15) is 0 Å². The molecule has 1 aliphatic heterocycles. The van der Waals surface area contributed by atoms with E-state index in [1.165, 1.54) is 50.3 Å². The normalized spacial score (nSPS) is 18.0. The van der Waals surface area contributed by atoms with Crippen LogP contribution in [0.2, 0.25) is 5.02 Å². The van der Waals surface area contributed by atoms with Gasteiger partial charge in [0, 0.05) is 24.2 Å². The second-order valence-corrected chi connectivity index (χ2v) is 8.63. The largest absolute Gasteiger partial charge is 0.382 e. The summed E-state index contributed by atoms with van der Waals surface area (Å²) < 4.78 is 0. The van der Waals surface area contributed by atoms with Gasteiger partial charge in [-0.15, -0.1) is 0 Å². The highest BCUT2D eigenvalue weighted by Gasteiger charge is 2.37. The van der Waals surface area contributed by atoms with Gasteiger partial charge in [0.1, 0.15) is 16.7 Å². The van der Waals surface area contributed by atoms with Crippen LogP contribution in [0, 0.1) is 5.41 Å². The molecule has 28 heavy (non-hydrogen) atoms. The van der Waals surface area contributed by atoms with E-state index in [0.29, 0.717) is 27.1 Å². The Kier molecular flexibility index (Phi) is 6.88. The average Bonchev–Trinajstić information content (AvgIpc) is 3.17. The first kappa shape index (κ1) is 21.0. The molecule has 3 heterocycles. The molecule has 6 nitrogen and oxygen atoms in total. The van der Waals surface area contributed by atoms with Gasteiger partial charge in [-0.2, -0.15) is 0 Å². The van der Waals surface area contributed by atoms with Crippen molar-refractivity contribution in [2.75, 3.05) is 29.5 Å². The van der Waals surface area contributed by atoms with Crippen LogP contribution in [-0.2, 0) is 0 Å². The standard InChI is InChI=1S/C18H23ClN6S.C2H6/c19-14-12(3-8-22-15(14)20)26-17-16(21)24-13(11-23-17)25-9-6-18(7-10-25)4-1-2-5-18;1-2/h3,8,11H,1-2,4-7,9-10H2,(H2,20,22)(H2,21,24);1-2H3. The van der Waals surface area contributed by atoms with Crippen LogP contribution >= 0.6 is 23.4 Å². The molecule has 0 bridgehead atoms. The van der Waals surface area contributed by atoms with Gasteiger partial charge in [0.05, 0.1) is 11.2 Å². The highest BCUT2D eigenvalue weighted by atomic mass is 35.5. The van der Waals surface area contributed by atoms with Gasteiger partial charge in [-0.25, -0.2) is 15.0 Å². The molecule has 8 heteroatoms. The van der Waals surface area contributed by atoms with Crippen molar-refractivity contribution in [2.45, 2.75) is 62.3 Å². The van der Waals surface area contributed by atoms with Gasteiger partial charge in [0.2, 0.25) is 0 Å². The van der Waals surface area contributed by atoms with Crippen LogP contribution in [0.1, 0.15) is 52.4 Å². The molecule has 0 radical (unpaired) electrons. The van der Waals surface area contributed by atoms with Gasteiger partial charge in [-0.05, 0) is 37.2 Å². The molecule has 0 unspecified atom stereocenters. The van der Waals surface area contributed by atoms with Crippen molar-refractivity contribution in [2.24, 2.45) is 5.41 Å². The van der Waals surface area contributed by atoms with Crippen LogP contribution < -0.4 is 16.4 Å². The third kappa shape index (κ3) is 4.46. The van der Waals surface area contributed by atoms with Gasteiger partial charge in [-0.3, -0.25) is 0 Å². The number of nitrogens with zero attached hydrogens (tertiary/aromatic N) is 4. The van der Waals surface area contributed by atoms with Crippen LogP contribution in [0.5, 0.6) is 0 Å². The van der Waals surface area contributed by atoms with Crippen LogP contribution in [0.25, 0.3) is 0 Å². The highest BCUT2D eigenvalue weighted by Crippen LogP contribution is 2.46. The average molecular weight is 421 g/mol. The van der Waals surface area contributed by atoms with E-state index in [1.807, 2.05) is 20.0 Å². The predicted octanol–water partition coefficient (Wildman–Crippen LogP) is 5.03. The zero-order valence-electron chi connectivity index (χ0n) is 16.6. The predicted molar refractivity (Wildman–Crippen MR) is 118 cm³/mol. The Morgan fingerprint density at radius 2 is 1.71 bits per heavy atom. The van der Waals surface area contributed by atoms with Gasteiger partial charge < -0.3 is 16.4 Å². The summed E-state index contributed by atoms with van der Waals surface area (Å²) in [5.41, 5.74) is 12.5. The number of rotatable bonds is 3. The van der Waals surface area contributed by atoms with Crippen LogP contribution in [0.4, 0.5) is 17.5 Å². The third-order valence-corrected chi connectivity index (χ3v) is 7.23. The van der Waals surface area contributed by atoms with Crippen LogP contribution in [0.3, 0.4) is 0 Å². The molecule has 2 fully saturated rings. The Morgan fingerprint density at radius 1 is 1.04 bits per heavy atom. The number of hydrogen-bond acceptors (Lipinski definition) is 7. The molecular formula is C20H29ClN6S. The van der Waals surface area contributed by atoms with Crippen molar-refractivity contribution in [3.05, 3.63) is 23.5 Å². The number of aromatic nitrogens is 3. The van der Waals surface area contributed by atoms with E-state index in [0.717, 1.165) is 23.8 Å². The zero-order chi connectivity index (χ0) is 20.1. The maximum absolute atomic E-state index is 6.20. The first-order chi connectivity index (χ1) is 13.6. The lowest BCUT2D eigenvalue weighted by atomic mass is 9.77. The fourth-order valence-corrected chi connectivity index (χ4v) is 5.09. The van der Waals surface area contributed by atoms with Crippen molar-refractivity contribution in [3.63, 3.8) is 0 Å². The number of pyridine rings is 1. The molecule has 152 valence electrons. The summed E-state index contributed by atoms with van der Waals surface area (Å²) in [6, 6.07) is 1.80. The maximum atomic E-state index is 6.20. The van der Waals surface area contributed by atoms with Crippen molar-refractivity contribution < 1.29 is 0 Å². The second-order valence-electron chi connectivity index (χ2n) is 7.22. The molecule has 4 N–H and O–H groups in total. The number of halogens is 1. The van der Waals surface area contributed by atoms with Crippen molar-refractivity contribution in [3.8, 4) is 0 Å². The number of anilines is 3. The second kappa shape index (κ2) is 9.18. The van der Waals surface area contributed by atoms with Crippen molar-refractivity contribution in [1.29, 1.82) is 0 Å². The van der Waals surface area contributed by atoms with E-state index in [4.69, 9.17) is 23.1 Å². The minimum absolute atomic E-state index is 0.300. The van der Waals surface area contributed by atoms with Gasteiger partial charge in [0.15, 0.2) is 5.82 Å². The Balaban J connectivity index is 0.00000109. The van der Waals surface area contributed by atoms with E-state index in [2.05, 4.69) is 19.9 Å². The number of nitrogen functional groups attached to an aromatic ring is 2. The molecule has 1 saturated carbocycles. The molecule has 0 aromatic carbocycles. The Labute approximate surface area is 176 Å². The molecule has 0 atom stereocenters. The number of hydrogen-bond donors (Lipinski definition) is 2. The molecule has 0 amide bonds. The SMILES string of the molecule is CC.Nc1nc(N2CCC3(CCCC3)CC2)cnc1Sc1ccnc(N)c1Cl. The minimum atomic E-state index is 0.300. The van der Waals surface area contributed by atoms with E-state index in [1.54, 1.807) is 12.3 Å². The lowest BCUT2D eigenvalue weighted by Gasteiger charge is -2.39. The first-order valence-electron chi connectivity index (χ1n) is 10.0. The smallest absolute Gasteiger partial charge is 0.158 e. The summed E-state index contributed by atoms with van der Waals surface area (Å²) in [7, 11) is 0. The van der Waals surface area contributed by atoms with Crippen LogP contribution in [0.15, 0.2) is 28.4 Å². The molecule has 2 aliphatic rings. The van der Waals surface area contributed by atoms with Gasteiger partial charge in [-0.1, -0.05) is 50.1 Å². The summed E-state index contributed by atoms with van der Waals surface area (Å²) in [4.78, 5) is 16.2. The quantitative estimate of drug-likeness (QED) is 0.719. The lowest BCUT2D eigenvalue weighted by Crippen LogP contribution is -2.39. The topological polar surface area (TPSA) is 94.0 Å². The van der Waals surface area contributed by atoms with Crippen molar-refractivity contribution in [1.82, 2.24) is 15.0 Å². The van der Waals surface area contributed by atoms with E-state index in [-0.39, 0.29) is 0 Å². The summed E-state index contributed by atoms with van der Waals surface area (Å²) in [5, 5.41) is 1.05. The fraction of sp³-hybridized carbons (Fsp3) is 0.550. The summed E-state index contributed by atoms with van der Waals surface area (Å²) in [6.45, 7) is 6.07. The molecule has 1 spiro atoms. The van der Waals surface area contributed by atoms with E-state index < -0.39 is 0 Å². The Morgan fingerprint density at radius 3 is 2.36 bits per heavy atom. The highest BCUT2D eigenvalue weighted by molar-refractivity contribution is 7.99. The van der Waals surface area contributed by atoms with E-state index >= 15 is 0 Å². The molecular weight excluding hydrogens is 392 g/mol. The zero-order valence-corrected chi connectivity index (χ0v) is 18.2. The van der Waals surface area contributed by atoms with Crippen LogP contribution in [-0.4, -0.2) is 28.0 Å². The van der Waals surface area contributed by atoms with Gasteiger partial charge in [0.25, 0.3) is 0 Å². The fourth-order valence-electron chi connectivity index (χ4n) is 4.07. The monoisotopic (exact) mass is 420 g/mol. The molecule has 1 saturated heterocycles. The summed E-state index contributed by atoms with van der Waals surface area (Å²) >= 11 is 7.56. The molecule has 1 aliphatic carbocycles. The molecule has 2 aromatic rings. The molecule has 2 aromatic heterocycles. The number of nitrogens with two attached hydrogens (primary N) is 2. The minimum Gasteiger partial charge on any atom is -0.382 e. The third-order valence-electron chi connectivity index (χ3n) is 5.65. The van der Waals surface area contributed by atoms with Crippen molar-refractivity contribution >= 4 is 40.8 Å². The summed E-state index contributed by atoms with van der Waals surface area (Å²) in [5.74, 6) is 1.58. The maximum Gasteiger partial charge on any atom is 0.158 e. The van der Waals surface area contributed by atoms with Gasteiger partial charge >= 0.3 is 0 Å². The number of piperidine rings is 1. The molecule has 4 rings (SSSR count). The first-order valence-corrected chi connectivity index (χ1v) is 11.2. The lowest BCUT2D eigenvalue weighted by molar-refractivity contribution is 0.226.